The lowest BCUT2D eigenvalue weighted by Gasteiger charge is -2.19. The zero-order valence-electron chi connectivity index (χ0n) is 9.80. The summed E-state index contributed by atoms with van der Waals surface area (Å²) in [5, 5.41) is 8.98. The second-order valence-electron chi connectivity index (χ2n) is 4.50. The second-order valence-corrected chi connectivity index (χ2v) is 4.50. The van der Waals surface area contributed by atoms with E-state index in [1.165, 1.54) is 12.8 Å². The number of hydrogen-bond donors (Lipinski definition) is 2. The van der Waals surface area contributed by atoms with Gasteiger partial charge >= 0.3 is 5.97 Å². The van der Waals surface area contributed by atoms with Crippen LogP contribution in [0.4, 0.5) is 0 Å². The summed E-state index contributed by atoms with van der Waals surface area (Å²) >= 11 is 0. The van der Waals surface area contributed by atoms with Crippen molar-refractivity contribution in [2.24, 2.45) is 5.73 Å². The van der Waals surface area contributed by atoms with E-state index in [2.05, 4.69) is 4.90 Å². The Balaban J connectivity index is 2.17. The highest BCUT2D eigenvalue weighted by Gasteiger charge is 2.19. The van der Waals surface area contributed by atoms with Gasteiger partial charge in [-0.15, -0.1) is 0 Å². The Bertz CT molecular complexity index is 400. The van der Waals surface area contributed by atoms with Crippen LogP contribution in [0.5, 0.6) is 0 Å². The predicted octanol–water partition coefficient (Wildman–Crippen LogP) is 1.37. The van der Waals surface area contributed by atoms with Gasteiger partial charge in [0.25, 0.3) is 0 Å². The van der Waals surface area contributed by atoms with Crippen LogP contribution in [0.1, 0.15) is 30.0 Å². The molecule has 3 N–H and O–H groups in total. The minimum absolute atomic E-state index is 0.729. The summed E-state index contributed by atoms with van der Waals surface area (Å²) in [5.41, 5.74) is 7.46. The van der Waals surface area contributed by atoms with Gasteiger partial charge in [-0.3, -0.25) is 9.69 Å². The van der Waals surface area contributed by atoms with E-state index in [4.69, 9.17) is 10.8 Å². The van der Waals surface area contributed by atoms with E-state index >= 15 is 0 Å². The molecule has 4 nitrogen and oxygen atoms in total. The molecule has 0 saturated carbocycles. The Labute approximate surface area is 101 Å². The van der Waals surface area contributed by atoms with Crippen molar-refractivity contribution in [1.82, 2.24) is 4.90 Å². The van der Waals surface area contributed by atoms with Crippen molar-refractivity contribution < 1.29 is 9.90 Å². The molecule has 0 radical (unpaired) electrons. The van der Waals surface area contributed by atoms with Crippen LogP contribution in [0.25, 0.3) is 0 Å². The van der Waals surface area contributed by atoms with Crippen molar-refractivity contribution in [1.29, 1.82) is 0 Å². The molecule has 1 fully saturated rings. The van der Waals surface area contributed by atoms with Crippen LogP contribution in [-0.4, -0.2) is 29.1 Å². The molecule has 1 unspecified atom stereocenters. The summed E-state index contributed by atoms with van der Waals surface area (Å²) in [4.78, 5) is 13.3. The Hall–Kier alpha value is -1.39. The molecule has 1 atom stereocenters. The summed E-state index contributed by atoms with van der Waals surface area (Å²) in [5.74, 6) is -0.973. The minimum Gasteiger partial charge on any atom is -0.480 e. The standard InChI is InChI=1S/C13H18N2O2/c14-12(13(16)17)11-6-2-1-5-10(11)9-15-7-3-4-8-15/h1-2,5-6,12H,3-4,7-9,14H2,(H,16,17). The summed E-state index contributed by atoms with van der Waals surface area (Å²) in [7, 11) is 0. The lowest BCUT2D eigenvalue weighted by molar-refractivity contribution is -0.138. The molecule has 0 spiro atoms. The van der Waals surface area contributed by atoms with Gasteiger partial charge in [-0.05, 0) is 37.1 Å². The molecule has 4 heteroatoms. The van der Waals surface area contributed by atoms with Crippen LogP contribution in [0.2, 0.25) is 0 Å². The van der Waals surface area contributed by atoms with Crippen LogP contribution in [-0.2, 0) is 11.3 Å². The second kappa shape index (κ2) is 5.29. The van der Waals surface area contributed by atoms with E-state index in [9.17, 15) is 4.79 Å². The van der Waals surface area contributed by atoms with Gasteiger partial charge in [0.15, 0.2) is 0 Å². The van der Waals surface area contributed by atoms with Crippen molar-refractivity contribution in [3.05, 3.63) is 35.4 Å². The summed E-state index contributed by atoms with van der Waals surface area (Å²) in [6.45, 7) is 2.99. The largest absolute Gasteiger partial charge is 0.480 e. The van der Waals surface area contributed by atoms with Gasteiger partial charge in [0.05, 0.1) is 0 Å². The number of hydrogen-bond acceptors (Lipinski definition) is 3. The molecule has 1 heterocycles. The maximum absolute atomic E-state index is 11.0. The number of rotatable bonds is 4. The summed E-state index contributed by atoms with van der Waals surface area (Å²) < 4.78 is 0. The fraction of sp³-hybridized carbons (Fsp3) is 0.462. The highest BCUT2D eigenvalue weighted by atomic mass is 16.4. The van der Waals surface area contributed by atoms with Crippen molar-refractivity contribution in [2.75, 3.05) is 13.1 Å². The molecule has 1 aromatic carbocycles. The highest BCUT2D eigenvalue weighted by Crippen LogP contribution is 2.20. The molecule has 1 aromatic rings. The van der Waals surface area contributed by atoms with E-state index in [1.807, 2.05) is 24.3 Å². The molecule has 1 aliphatic rings. The van der Waals surface area contributed by atoms with Gasteiger partial charge in [-0.1, -0.05) is 24.3 Å². The number of nitrogens with two attached hydrogens (primary N) is 1. The first-order chi connectivity index (χ1) is 8.18. The normalized spacial score (nSPS) is 18.2. The van der Waals surface area contributed by atoms with Crippen molar-refractivity contribution >= 4 is 5.97 Å². The van der Waals surface area contributed by atoms with Crippen molar-refractivity contribution in [3.8, 4) is 0 Å². The Morgan fingerprint density at radius 1 is 1.35 bits per heavy atom. The molecular weight excluding hydrogens is 216 g/mol. The van der Waals surface area contributed by atoms with E-state index in [1.54, 1.807) is 0 Å². The zero-order valence-corrected chi connectivity index (χ0v) is 9.80. The fourth-order valence-corrected chi connectivity index (χ4v) is 2.30. The Kier molecular flexibility index (Phi) is 3.76. The van der Waals surface area contributed by atoms with E-state index in [0.717, 1.165) is 30.8 Å². The fourth-order valence-electron chi connectivity index (χ4n) is 2.30. The molecule has 0 aromatic heterocycles. The van der Waals surface area contributed by atoms with Gasteiger partial charge in [-0.2, -0.15) is 0 Å². The van der Waals surface area contributed by atoms with Crippen LogP contribution in [0.15, 0.2) is 24.3 Å². The van der Waals surface area contributed by atoms with Crippen LogP contribution in [0, 0.1) is 0 Å². The van der Waals surface area contributed by atoms with Crippen LogP contribution < -0.4 is 5.73 Å². The number of likely N-dealkylation sites (tertiary alicyclic amines) is 1. The zero-order chi connectivity index (χ0) is 12.3. The quantitative estimate of drug-likeness (QED) is 0.825. The molecule has 0 aliphatic carbocycles. The number of aliphatic carboxylic acids is 1. The third kappa shape index (κ3) is 2.84. The topological polar surface area (TPSA) is 66.6 Å². The number of carboxylic acid groups (broad SMARTS) is 1. The Morgan fingerprint density at radius 3 is 2.65 bits per heavy atom. The average Bonchev–Trinajstić information content (AvgIpc) is 2.81. The lowest BCUT2D eigenvalue weighted by Crippen LogP contribution is -2.25. The van der Waals surface area contributed by atoms with Crippen molar-refractivity contribution in [3.63, 3.8) is 0 Å². The third-order valence-corrected chi connectivity index (χ3v) is 3.25. The van der Waals surface area contributed by atoms with Crippen molar-refractivity contribution in [2.45, 2.75) is 25.4 Å². The first-order valence-electron chi connectivity index (χ1n) is 5.97. The van der Waals surface area contributed by atoms with Gasteiger partial charge in [0.2, 0.25) is 0 Å². The number of nitrogens with zero attached hydrogens (tertiary/aromatic N) is 1. The number of carbonyl (C=O) groups is 1. The van der Waals surface area contributed by atoms with Gasteiger partial charge < -0.3 is 10.8 Å². The average molecular weight is 234 g/mol. The third-order valence-electron chi connectivity index (χ3n) is 3.25. The minimum atomic E-state index is -0.973. The summed E-state index contributed by atoms with van der Waals surface area (Å²) in [6, 6.07) is 6.63. The molecule has 0 bridgehead atoms. The molecule has 0 amide bonds. The highest BCUT2D eigenvalue weighted by molar-refractivity contribution is 5.75. The van der Waals surface area contributed by atoms with E-state index in [-0.39, 0.29) is 0 Å². The van der Waals surface area contributed by atoms with E-state index < -0.39 is 12.0 Å². The monoisotopic (exact) mass is 234 g/mol. The van der Waals surface area contributed by atoms with Gasteiger partial charge in [-0.25, -0.2) is 0 Å². The smallest absolute Gasteiger partial charge is 0.325 e. The van der Waals surface area contributed by atoms with Gasteiger partial charge in [0.1, 0.15) is 6.04 Å². The molecule has 92 valence electrons. The van der Waals surface area contributed by atoms with Crippen LogP contribution in [0.3, 0.4) is 0 Å². The molecule has 17 heavy (non-hydrogen) atoms. The maximum atomic E-state index is 11.0. The van der Waals surface area contributed by atoms with Gasteiger partial charge in [0, 0.05) is 6.54 Å². The Morgan fingerprint density at radius 2 is 2.00 bits per heavy atom. The first kappa shape index (κ1) is 12.1. The predicted molar refractivity (Wildman–Crippen MR) is 65.5 cm³/mol. The molecule has 2 rings (SSSR count). The maximum Gasteiger partial charge on any atom is 0.325 e. The molecule has 1 saturated heterocycles. The first-order valence-corrected chi connectivity index (χ1v) is 5.97. The van der Waals surface area contributed by atoms with E-state index in [0.29, 0.717) is 0 Å². The molecular formula is C13H18N2O2. The SMILES string of the molecule is NC(C(=O)O)c1ccccc1CN1CCCC1. The number of benzene rings is 1. The molecule has 1 aliphatic heterocycles. The number of carboxylic acids is 1. The van der Waals surface area contributed by atoms with Crippen LogP contribution >= 0.6 is 0 Å². The lowest BCUT2D eigenvalue weighted by atomic mass is 10.0. The summed E-state index contributed by atoms with van der Waals surface area (Å²) in [6.07, 6.45) is 2.46.